The molecule has 0 saturated heterocycles. The molecule has 0 aliphatic heterocycles. The zero-order chi connectivity index (χ0) is 8.10. The van der Waals surface area contributed by atoms with Crippen molar-refractivity contribution in [3.63, 3.8) is 0 Å². The largest absolute Gasteiger partial charge is 0.451 e. The van der Waals surface area contributed by atoms with E-state index in [1.165, 1.54) is 12.7 Å². The number of oxazole rings is 1. The van der Waals surface area contributed by atoms with Crippen molar-refractivity contribution in [2.45, 2.75) is 12.6 Å². The van der Waals surface area contributed by atoms with Crippen LogP contribution < -0.4 is 5.73 Å². The van der Waals surface area contributed by atoms with Gasteiger partial charge in [0.25, 0.3) is 6.47 Å². The molecule has 0 fully saturated rings. The van der Waals surface area contributed by atoms with Crippen LogP contribution in [-0.4, -0.2) is 17.7 Å². The number of rotatable bonds is 4. The molecule has 0 aromatic carbocycles. The highest BCUT2D eigenvalue weighted by Crippen LogP contribution is 1.98. The number of nitrogens with two attached hydrogens (primary N) is 1. The van der Waals surface area contributed by atoms with E-state index in [2.05, 4.69) is 14.1 Å². The average Bonchev–Trinajstić information content (AvgIpc) is 2.40. The normalized spacial score (nSPS) is 12.5. The lowest BCUT2D eigenvalue weighted by Gasteiger charge is -2.05. The molecule has 0 radical (unpaired) electrons. The van der Waals surface area contributed by atoms with Gasteiger partial charge in [0, 0.05) is 6.42 Å². The summed E-state index contributed by atoms with van der Waals surface area (Å²) in [7, 11) is 0. The van der Waals surface area contributed by atoms with Crippen LogP contribution in [0.2, 0.25) is 0 Å². The third-order valence-corrected chi connectivity index (χ3v) is 1.12. The van der Waals surface area contributed by atoms with Crippen LogP contribution in [0, 0.1) is 0 Å². The lowest BCUT2D eigenvalue weighted by Crippen LogP contribution is -2.25. The molecule has 11 heavy (non-hydrogen) atoms. The van der Waals surface area contributed by atoms with Gasteiger partial charge in [0.1, 0.15) is 6.26 Å². The van der Waals surface area contributed by atoms with Gasteiger partial charge in [-0.05, 0) is 0 Å². The number of ether oxygens (including phenoxy) is 1. The number of aromatic nitrogens is 1. The molecule has 1 rings (SSSR count). The summed E-state index contributed by atoms with van der Waals surface area (Å²) in [5.41, 5.74) is 6.01. The molecule has 0 amide bonds. The Morgan fingerprint density at radius 2 is 2.73 bits per heavy atom. The summed E-state index contributed by atoms with van der Waals surface area (Å²) in [5.74, 6) is 0. The molecule has 0 bridgehead atoms. The zero-order valence-electron chi connectivity index (χ0n) is 5.77. The van der Waals surface area contributed by atoms with Crippen molar-refractivity contribution in [1.29, 1.82) is 0 Å². The first-order chi connectivity index (χ1) is 5.33. The number of carbonyl (C=O) groups excluding carboxylic acids is 1. The Morgan fingerprint density at radius 3 is 3.27 bits per heavy atom. The van der Waals surface area contributed by atoms with E-state index in [9.17, 15) is 4.79 Å². The van der Waals surface area contributed by atoms with Gasteiger partial charge in [0.15, 0.2) is 12.6 Å². The highest BCUT2D eigenvalue weighted by Gasteiger charge is 2.05. The molecule has 5 nitrogen and oxygen atoms in total. The summed E-state index contributed by atoms with van der Waals surface area (Å²) < 4.78 is 9.11. The molecule has 1 heterocycles. The fraction of sp³-hybridized carbons (Fsp3) is 0.333. The fourth-order valence-electron chi connectivity index (χ4n) is 0.664. The summed E-state index contributed by atoms with van der Waals surface area (Å²) in [4.78, 5) is 13.6. The van der Waals surface area contributed by atoms with E-state index in [0.717, 1.165) is 0 Å². The van der Waals surface area contributed by atoms with Crippen molar-refractivity contribution in [2.75, 3.05) is 0 Å². The zero-order valence-corrected chi connectivity index (χ0v) is 5.77. The second-order valence-electron chi connectivity index (χ2n) is 1.95. The van der Waals surface area contributed by atoms with Crippen molar-refractivity contribution in [3.8, 4) is 0 Å². The highest BCUT2D eigenvalue weighted by atomic mass is 16.5. The summed E-state index contributed by atoms with van der Waals surface area (Å²) in [6.07, 6.45) is 2.48. The van der Waals surface area contributed by atoms with Crippen LogP contribution in [0.15, 0.2) is 17.1 Å². The van der Waals surface area contributed by atoms with Gasteiger partial charge >= 0.3 is 0 Å². The van der Waals surface area contributed by atoms with Crippen molar-refractivity contribution in [2.24, 2.45) is 5.73 Å². The van der Waals surface area contributed by atoms with Gasteiger partial charge in [-0.15, -0.1) is 0 Å². The maximum atomic E-state index is 9.80. The first kappa shape index (κ1) is 7.74. The van der Waals surface area contributed by atoms with Crippen LogP contribution in [-0.2, 0) is 16.0 Å². The van der Waals surface area contributed by atoms with Crippen molar-refractivity contribution >= 4 is 6.47 Å². The standard InChI is InChI=1S/C6H8N2O3/c7-6(11-4-9)1-5-2-10-3-8-5/h2-4,6H,1,7H2. The molecule has 0 aliphatic carbocycles. The van der Waals surface area contributed by atoms with E-state index < -0.39 is 6.23 Å². The first-order valence-electron chi connectivity index (χ1n) is 3.04. The van der Waals surface area contributed by atoms with Crippen LogP contribution in [0.25, 0.3) is 0 Å². The highest BCUT2D eigenvalue weighted by molar-refractivity contribution is 5.37. The van der Waals surface area contributed by atoms with Crippen molar-refractivity contribution < 1.29 is 13.9 Å². The third kappa shape index (κ3) is 2.38. The van der Waals surface area contributed by atoms with E-state index in [1.807, 2.05) is 0 Å². The number of carbonyl (C=O) groups is 1. The number of hydrogen-bond acceptors (Lipinski definition) is 5. The predicted octanol–water partition coefficient (Wildman–Crippen LogP) is -0.325. The molecule has 1 unspecified atom stereocenters. The quantitative estimate of drug-likeness (QED) is 0.477. The average molecular weight is 156 g/mol. The second kappa shape index (κ2) is 3.72. The molecule has 1 atom stereocenters. The van der Waals surface area contributed by atoms with Crippen molar-refractivity contribution in [3.05, 3.63) is 18.4 Å². The maximum absolute atomic E-state index is 9.80. The van der Waals surface area contributed by atoms with E-state index in [-0.39, 0.29) is 0 Å². The Balaban J connectivity index is 2.37. The lowest BCUT2D eigenvalue weighted by atomic mass is 10.3. The second-order valence-corrected chi connectivity index (χ2v) is 1.95. The van der Waals surface area contributed by atoms with Crippen LogP contribution in [0.5, 0.6) is 0 Å². The number of hydrogen-bond donors (Lipinski definition) is 1. The van der Waals surface area contributed by atoms with E-state index in [1.54, 1.807) is 0 Å². The van der Waals surface area contributed by atoms with Gasteiger partial charge in [-0.1, -0.05) is 0 Å². The minimum Gasteiger partial charge on any atom is -0.451 e. The Hall–Kier alpha value is -1.36. The van der Waals surface area contributed by atoms with Crippen molar-refractivity contribution in [1.82, 2.24) is 4.98 Å². The summed E-state index contributed by atoms with van der Waals surface area (Å²) in [6, 6.07) is 0. The van der Waals surface area contributed by atoms with Gasteiger partial charge < -0.3 is 9.15 Å². The van der Waals surface area contributed by atoms with Gasteiger partial charge in [0.05, 0.1) is 5.69 Å². The molecule has 1 aromatic rings. The molecule has 2 N–H and O–H groups in total. The van der Waals surface area contributed by atoms with Gasteiger partial charge in [-0.3, -0.25) is 10.5 Å². The Kier molecular flexibility index (Phi) is 2.62. The van der Waals surface area contributed by atoms with Gasteiger partial charge in [0.2, 0.25) is 0 Å². The monoisotopic (exact) mass is 156 g/mol. The van der Waals surface area contributed by atoms with E-state index in [0.29, 0.717) is 18.6 Å². The fourth-order valence-corrected chi connectivity index (χ4v) is 0.664. The Labute approximate surface area is 63.2 Å². The summed E-state index contributed by atoms with van der Waals surface area (Å²) >= 11 is 0. The van der Waals surface area contributed by atoms with E-state index in [4.69, 9.17) is 5.73 Å². The third-order valence-electron chi connectivity index (χ3n) is 1.12. The summed E-state index contributed by atoms with van der Waals surface area (Å²) in [6.45, 7) is 0.310. The van der Waals surface area contributed by atoms with Crippen LogP contribution in [0.3, 0.4) is 0 Å². The molecule has 0 aliphatic rings. The topological polar surface area (TPSA) is 78.3 Å². The summed E-state index contributed by atoms with van der Waals surface area (Å²) in [5, 5.41) is 0. The van der Waals surface area contributed by atoms with E-state index >= 15 is 0 Å². The Bertz CT molecular complexity index is 210. The molecular formula is C6H8N2O3. The SMILES string of the molecule is NC(Cc1cocn1)OC=O. The van der Waals surface area contributed by atoms with Gasteiger partial charge in [-0.25, -0.2) is 4.98 Å². The lowest BCUT2D eigenvalue weighted by molar-refractivity contribution is -0.133. The molecule has 0 saturated carbocycles. The van der Waals surface area contributed by atoms with Gasteiger partial charge in [-0.2, -0.15) is 0 Å². The Morgan fingerprint density at radius 1 is 1.91 bits per heavy atom. The van der Waals surface area contributed by atoms with Crippen LogP contribution in [0.1, 0.15) is 5.69 Å². The molecule has 5 heteroatoms. The predicted molar refractivity (Wildman–Crippen MR) is 35.3 cm³/mol. The molecular weight excluding hydrogens is 148 g/mol. The minimum absolute atomic E-state index is 0.310. The van der Waals surface area contributed by atoms with Crippen LogP contribution in [0.4, 0.5) is 0 Å². The molecule has 0 spiro atoms. The molecule has 1 aromatic heterocycles. The molecule has 60 valence electrons. The minimum atomic E-state index is -0.641. The first-order valence-corrected chi connectivity index (χ1v) is 3.04. The smallest absolute Gasteiger partial charge is 0.294 e. The van der Waals surface area contributed by atoms with Crippen LogP contribution >= 0.6 is 0 Å². The maximum Gasteiger partial charge on any atom is 0.294 e. The number of nitrogens with zero attached hydrogens (tertiary/aromatic N) is 1.